The van der Waals surface area contributed by atoms with Crippen LogP contribution in [0.4, 0.5) is 0 Å². The summed E-state index contributed by atoms with van der Waals surface area (Å²) < 4.78 is 5.74. The third kappa shape index (κ3) is 2.44. The van der Waals surface area contributed by atoms with Crippen molar-refractivity contribution in [2.45, 2.75) is 19.4 Å². The Kier molecular flexibility index (Phi) is 3.47. The highest BCUT2D eigenvalue weighted by Gasteiger charge is 2.18. The molecule has 0 aromatic carbocycles. The topological polar surface area (TPSA) is 38.7 Å². The number of allylic oxidation sites excluding steroid dienone is 1. The summed E-state index contributed by atoms with van der Waals surface area (Å²) in [5.41, 5.74) is 0. The molecule has 0 aromatic heterocycles. The van der Waals surface area contributed by atoms with Gasteiger partial charge in [0.2, 0.25) is 0 Å². The average molecular weight is 232 g/mol. The Hall–Kier alpha value is -0.640. The van der Waals surface area contributed by atoms with Crippen molar-refractivity contribution in [1.82, 2.24) is 0 Å². The first-order valence-electron chi connectivity index (χ1n) is 3.79. The Morgan fingerprint density at radius 3 is 3.17 bits per heavy atom. The number of aliphatic imine (C=N–C) groups is 1. The van der Waals surface area contributed by atoms with Gasteiger partial charge in [-0.3, -0.25) is 4.99 Å². The number of nitrogens with zero attached hydrogens (tertiary/aromatic N) is 1. The molecule has 66 valence electrons. The van der Waals surface area contributed by atoms with Crippen LogP contribution in [0.5, 0.6) is 0 Å². The number of halogens is 1. The molecule has 1 atom stereocenters. The molecule has 0 radical (unpaired) electrons. The lowest BCUT2D eigenvalue weighted by Gasteiger charge is -2.11. The van der Waals surface area contributed by atoms with Crippen molar-refractivity contribution in [1.29, 1.82) is 0 Å². The summed E-state index contributed by atoms with van der Waals surface area (Å²) in [6.07, 6.45) is 4.16. The molecule has 0 saturated heterocycles. The van der Waals surface area contributed by atoms with Gasteiger partial charge in [0.05, 0.1) is 6.61 Å². The van der Waals surface area contributed by atoms with Gasteiger partial charge in [0.25, 0.3) is 0 Å². The second-order valence-corrected chi connectivity index (χ2v) is 3.29. The molecule has 0 amide bonds. The van der Waals surface area contributed by atoms with Crippen LogP contribution in [0.25, 0.3) is 0 Å². The first-order chi connectivity index (χ1) is 5.74. The van der Waals surface area contributed by atoms with Crippen LogP contribution in [-0.2, 0) is 9.53 Å². The summed E-state index contributed by atoms with van der Waals surface area (Å²) in [5.74, 6) is -0.245. The number of hydrogen-bond donors (Lipinski definition) is 0. The molecule has 1 aliphatic heterocycles. The zero-order valence-electron chi connectivity index (χ0n) is 6.79. The molecular weight excluding hydrogens is 222 g/mol. The van der Waals surface area contributed by atoms with Crippen molar-refractivity contribution in [2.75, 3.05) is 6.61 Å². The molecule has 12 heavy (non-hydrogen) atoms. The van der Waals surface area contributed by atoms with E-state index in [1.165, 1.54) is 0 Å². The van der Waals surface area contributed by atoms with E-state index in [0.717, 1.165) is 4.48 Å². The van der Waals surface area contributed by atoms with Crippen molar-refractivity contribution in [3.8, 4) is 0 Å². The Morgan fingerprint density at radius 1 is 1.92 bits per heavy atom. The van der Waals surface area contributed by atoms with E-state index in [9.17, 15) is 4.79 Å². The number of rotatable bonds is 2. The van der Waals surface area contributed by atoms with Gasteiger partial charge in [-0.15, -0.1) is 0 Å². The van der Waals surface area contributed by atoms with E-state index < -0.39 is 0 Å². The third-order valence-electron chi connectivity index (χ3n) is 1.47. The van der Waals surface area contributed by atoms with Gasteiger partial charge >= 0.3 is 5.97 Å². The fraction of sp³-hybridized carbons (Fsp3) is 0.500. The molecule has 0 aliphatic carbocycles. The average Bonchev–Trinajstić information content (AvgIpc) is 2.06. The molecule has 0 bridgehead atoms. The van der Waals surface area contributed by atoms with E-state index >= 15 is 0 Å². The van der Waals surface area contributed by atoms with Crippen LogP contribution in [0.2, 0.25) is 0 Å². The summed E-state index contributed by atoms with van der Waals surface area (Å²) in [6.45, 7) is 2.20. The first-order valence-corrected chi connectivity index (χ1v) is 4.58. The lowest BCUT2D eigenvalue weighted by atomic mass is 10.2. The van der Waals surface area contributed by atoms with Crippen molar-refractivity contribution in [2.24, 2.45) is 4.99 Å². The van der Waals surface area contributed by atoms with Gasteiger partial charge < -0.3 is 4.74 Å². The summed E-state index contributed by atoms with van der Waals surface area (Å²) in [7, 11) is 0. The van der Waals surface area contributed by atoms with Crippen LogP contribution in [0.3, 0.4) is 0 Å². The molecule has 0 fully saturated rings. The van der Waals surface area contributed by atoms with E-state index in [-0.39, 0.29) is 12.0 Å². The largest absolute Gasteiger partial charge is 0.464 e. The maximum atomic E-state index is 11.1. The fourth-order valence-electron chi connectivity index (χ4n) is 0.894. The highest BCUT2D eigenvalue weighted by molar-refractivity contribution is 9.12. The molecule has 1 rings (SSSR count). The Labute approximate surface area is 79.6 Å². The monoisotopic (exact) mass is 231 g/mol. The zero-order chi connectivity index (χ0) is 8.97. The minimum Gasteiger partial charge on any atom is -0.464 e. The summed E-state index contributed by atoms with van der Waals surface area (Å²) >= 11 is 3.26. The van der Waals surface area contributed by atoms with Crippen molar-refractivity contribution in [3.05, 3.63) is 10.6 Å². The minimum absolute atomic E-state index is 0.245. The lowest BCUT2D eigenvalue weighted by Crippen LogP contribution is -2.22. The molecule has 0 N–H and O–H groups in total. The number of ether oxygens (including phenoxy) is 1. The molecule has 0 aromatic rings. The number of dihydropyridines is 1. The molecular formula is C8H10BrNO2. The normalized spacial score (nSPS) is 21.8. The van der Waals surface area contributed by atoms with Crippen LogP contribution in [-0.4, -0.2) is 24.8 Å². The zero-order valence-corrected chi connectivity index (χ0v) is 8.37. The fourth-order valence-corrected chi connectivity index (χ4v) is 1.20. The second-order valence-electron chi connectivity index (χ2n) is 2.37. The smallest absolute Gasteiger partial charge is 0.331 e. The van der Waals surface area contributed by atoms with E-state index in [4.69, 9.17) is 4.74 Å². The molecule has 0 saturated carbocycles. The number of carbonyl (C=O) groups excluding carboxylic acids is 1. The molecule has 1 aliphatic rings. The predicted molar refractivity (Wildman–Crippen MR) is 50.5 cm³/mol. The Balaban J connectivity index is 2.47. The minimum atomic E-state index is -0.341. The van der Waals surface area contributed by atoms with Crippen LogP contribution < -0.4 is 0 Å². The van der Waals surface area contributed by atoms with Gasteiger partial charge in [0, 0.05) is 10.7 Å². The van der Waals surface area contributed by atoms with Crippen molar-refractivity contribution >= 4 is 28.1 Å². The number of esters is 1. The van der Waals surface area contributed by atoms with Crippen LogP contribution >= 0.6 is 15.9 Å². The van der Waals surface area contributed by atoms with Crippen LogP contribution in [0.15, 0.2) is 15.6 Å². The van der Waals surface area contributed by atoms with Gasteiger partial charge in [-0.2, -0.15) is 0 Å². The van der Waals surface area contributed by atoms with Gasteiger partial charge in [-0.25, -0.2) is 4.79 Å². The highest BCUT2D eigenvalue weighted by atomic mass is 79.9. The quantitative estimate of drug-likeness (QED) is 0.679. The maximum absolute atomic E-state index is 11.1. The number of carbonyl (C=O) groups is 1. The van der Waals surface area contributed by atoms with Crippen LogP contribution in [0.1, 0.15) is 13.3 Å². The Bertz CT molecular complexity index is 235. The van der Waals surface area contributed by atoms with Gasteiger partial charge in [-0.05, 0) is 29.3 Å². The second kappa shape index (κ2) is 4.40. The van der Waals surface area contributed by atoms with E-state index in [1.54, 1.807) is 13.1 Å². The van der Waals surface area contributed by atoms with E-state index in [0.29, 0.717) is 13.0 Å². The van der Waals surface area contributed by atoms with E-state index in [2.05, 4.69) is 20.9 Å². The third-order valence-corrected chi connectivity index (χ3v) is 2.00. The van der Waals surface area contributed by atoms with Gasteiger partial charge in [0.15, 0.2) is 6.04 Å². The lowest BCUT2D eigenvalue weighted by molar-refractivity contribution is -0.144. The first kappa shape index (κ1) is 9.45. The molecule has 1 heterocycles. The van der Waals surface area contributed by atoms with E-state index in [1.807, 2.05) is 6.08 Å². The molecule has 0 spiro atoms. The van der Waals surface area contributed by atoms with Gasteiger partial charge in [0.1, 0.15) is 0 Å². The SMILES string of the molecule is CCOC(=O)C1CC=C(Br)C=N1. The van der Waals surface area contributed by atoms with Gasteiger partial charge in [-0.1, -0.05) is 6.08 Å². The summed E-state index contributed by atoms with van der Waals surface area (Å²) in [4.78, 5) is 15.1. The molecule has 1 unspecified atom stereocenters. The number of hydrogen-bond acceptors (Lipinski definition) is 3. The predicted octanol–water partition coefficient (Wildman–Crippen LogP) is 1.67. The van der Waals surface area contributed by atoms with Crippen molar-refractivity contribution in [3.63, 3.8) is 0 Å². The summed E-state index contributed by atoms with van der Waals surface area (Å²) in [6, 6.07) is -0.341. The maximum Gasteiger partial charge on any atom is 0.331 e. The van der Waals surface area contributed by atoms with Crippen LogP contribution in [0, 0.1) is 0 Å². The van der Waals surface area contributed by atoms with Crippen molar-refractivity contribution < 1.29 is 9.53 Å². The molecule has 4 heteroatoms. The summed E-state index contributed by atoms with van der Waals surface area (Å²) in [5, 5.41) is 0. The Morgan fingerprint density at radius 2 is 2.67 bits per heavy atom. The standard InChI is InChI=1S/C8H10BrNO2/c1-2-12-8(11)7-4-3-6(9)5-10-7/h3,5,7H,2,4H2,1H3. The molecule has 3 nitrogen and oxygen atoms in total. The highest BCUT2D eigenvalue weighted by Crippen LogP contribution is 2.13.